The predicted octanol–water partition coefficient (Wildman–Crippen LogP) is 3.83. The smallest absolute Gasteiger partial charge is 0.205 e. The lowest BCUT2D eigenvalue weighted by atomic mass is 10.2. The molecule has 0 saturated heterocycles. The summed E-state index contributed by atoms with van der Waals surface area (Å²) in [7, 11) is 1.73. The summed E-state index contributed by atoms with van der Waals surface area (Å²) in [4.78, 5) is 5.02. The lowest BCUT2D eigenvalue weighted by Gasteiger charge is -2.03. The molecule has 2 heterocycles. The maximum Gasteiger partial charge on any atom is 0.205 e. The van der Waals surface area contributed by atoms with Crippen LogP contribution >= 0.6 is 22.7 Å². The number of thiazole rings is 1. The Bertz CT molecular complexity index is 811. The fourth-order valence-electron chi connectivity index (χ4n) is 1.85. The number of aromatic nitrogens is 1. The summed E-state index contributed by atoms with van der Waals surface area (Å²) in [5.74, 6) is -0.247. The van der Waals surface area contributed by atoms with Crippen molar-refractivity contribution in [3.05, 3.63) is 62.7 Å². The standard InChI is InChI=1S/C15H12FN3S2/c1-17-15-19(18-8-11-6-7-20-9-11)14(10-21-15)12-2-4-13(16)5-3-12/h2-10H,1H3. The maximum absolute atomic E-state index is 13.1. The van der Waals surface area contributed by atoms with E-state index in [9.17, 15) is 4.39 Å². The van der Waals surface area contributed by atoms with Crippen LogP contribution < -0.4 is 4.80 Å². The third-order valence-corrected chi connectivity index (χ3v) is 4.49. The molecular formula is C15H12FN3S2. The van der Waals surface area contributed by atoms with Crippen LogP contribution in [0.5, 0.6) is 0 Å². The van der Waals surface area contributed by atoms with Crippen molar-refractivity contribution in [2.45, 2.75) is 0 Å². The molecule has 0 fully saturated rings. The van der Waals surface area contributed by atoms with Gasteiger partial charge < -0.3 is 0 Å². The fraction of sp³-hybridized carbons (Fsp3) is 0.0667. The van der Waals surface area contributed by atoms with E-state index < -0.39 is 0 Å². The first-order valence-corrected chi connectivity index (χ1v) is 8.06. The van der Waals surface area contributed by atoms with Crippen molar-refractivity contribution >= 4 is 28.9 Å². The molecule has 0 radical (unpaired) electrons. The van der Waals surface area contributed by atoms with E-state index in [1.807, 2.05) is 22.2 Å². The summed E-state index contributed by atoms with van der Waals surface area (Å²) in [6.07, 6.45) is 1.80. The van der Waals surface area contributed by atoms with Crippen molar-refractivity contribution < 1.29 is 4.39 Å². The monoisotopic (exact) mass is 317 g/mol. The highest BCUT2D eigenvalue weighted by Crippen LogP contribution is 2.20. The van der Waals surface area contributed by atoms with Gasteiger partial charge in [-0.3, -0.25) is 4.99 Å². The minimum atomic E-state index is -0.247. The van der Waals surface area contributed by atoms with Crippen LogP contribution in [-0.2, 0) is 0 Å². The molecule has 106 valence electrons. The molecule has 0 unspecified atom stereocenters. The van der Waals surface area contributed by atoms with E-state index in [0.29, 0.717) is 0 Å². The van der Waals surface area contributed by atoms with Crippen LogP contribution in [0.3, 0.4) is 0 Å². The van der Waals surface area contributed by atoms with E-state index >= 15 is 0 Å². The van der Waals surface area contributed by atoms with E-state index in [0.717, 1.165) is 21.6 Å². The van der Waals surface area contributed by atoms with Gasteiger partial charge in [0.15, 0.2) is 0 Å². The molecule has 0 aliphatic heterocycles. The van der Waals surface area contributed by atoms with Gasteiger partial charge in [-0.05, 0) is 41.1 Å². The average Bonchev–Trinajstić information content (AvgIpc) is 3.15. The van der Waals surface area contributed by atoms with Gasteiger partial charge >= 0.3 is 0 Å². The highest BCUT2D eigenvalue weighted by atomic mass is 32.1. The molecule has 6 heteroatoms. The topological polar surface area (TPSA) is 29.6 Å². The molecule has 1 aromatic carbocycles. The minimum Gasteiger partial charge on any atom is -0.261 e. The Hall–Kier alpha value is -2.05. The number of rotatable bonds is 3. The molecular weight excluding hydrogens is 305 g/mol. The second-order valence-corrected chi connectivity index (χ2v) is 5.86. The van der Waals surface area contributed by atoms with Gasteiger partial charge in [-0.2, -0.15) is 16.4 Å². The summed E-state index contributed by atoms with van der Waals surface area (Å²) in [5.41, 5.74) is 2.85. The van der Waals surface area contributed by atoms with E-state index in [1.165, 1.54) is 23.5 Å². The molecule has 0 saturated carbocycles. The molecule has 3 rings (SSSR count). The van der Waals surface area contributed by atoms with Gasteiger partial charge in [0.25, 0.3) is 0 Å². The molecule has 3 nitrogen and oxygen atoms in total. The minimum absolute atomic E-state index is 0.247. The highest BCUT2D eigenvalue weighted by Gasteiger charge is 2.07. The summed E-state index contributed by atoms with van der Waals surface area (Å²) in [5, 5.41) is 10.5. The Morgan fingerprint density at radius 1 is 1.14 bits per heavy atom. The summed E-state index contributed by atoms with van der Waals surface area (Å²) >= 11 is 3.13. The van der Waals surface area contributed by atoms with Gasteiger partial charge in [-0.1, -0.05) is 0 Å². The van der Waals surface area contributed by atoms with E-state index in [-0.39, 0.29) is 5.82 Å². The lowest BCUT2D eigenvalue weighted by Crippen LogP contribution is -2.11. The number of hydrogen-bond donors (Lipinski definition) is 0. The Labute approximate surface area is 129 Å². The predicted molar refractivity (Wildman–Crippen MR) is 86.5 cm³/mol. The molecule has 3 aromatic rings. The van der Waals surface area contributed by atoms with Crippen LogP contribution in [0.2, 0.25) is 0 Å². The first-order chi connectivity index (χ1) is 10.3. The van der Waals surface area contributed by atoms with Gasteiger partial charge in [-0.15, -0.1) is 11.3 Å². The van der Waals surface area contributed by atoms with Crippen molar-refractivity contribution in [2.75, 3.05) is 7.05 Å². The largest absolute Gasteiger partial charge is 0.261 e. The van der Waals surface area contributed by atoms with Crippen LogP contribution in [0.25, 0.3) is 11.3 Å². The first-order valence-electron chi connectivity index (χ1n) is 6.24. The summed E-state index contributed by atoms with van der Waals surface area (Å²) in [6, 6.07) is 8.38. The van der Waals surface area contributed by atoms with Crippen LogP contribution in [0.1, 0.15) is 5.56 Å². The first kappa shape index (κ1) is 13.9. The zero-order valence-corrected chi connectivity index (χ0v) is 12.9. The molecule has 0 aliphatic carbocycles. The molecule has 0 bridgehead atoms. The number of benzene rings is 1. The van der Waals surface area contributed by atoms with E-state index in [1.54, 1.807) is 41.4 Å². The van der Waals surface area contributed by atoms with Gasteiger partial charge in [0.1, 0.15) is 5.82 Å². The Morgan fingerprint density at radius 2 is 1.95 bits per heavy atom. The Morgan fingerprint density at radius 3 is 2.62 bits per heavy atom. The van der Waals surface area contributed by atoms with Crippen LogP contribution in [0.4, 0.5) is 4.39 Å². The van der Waals surface area contributed by atoms with Gasteiger partial charge in [0.05, 0.1) is 11.9 Å². The quantitative estimate of drug-likeness (QED) is 0.657. The summed E-state index contributed by atoms with van der Waals surface area (Å²) < 4.78 is 14.8. The zero-order valence-electron chi connectivity index (χ0n) is 11.2. The SMILES string of the molecule is CN=c1scc(-c2ccc(F)cc2)n1N=Cc1ccsc1. The van der Waals surface area contributed by atoms with Crippen LogP contribution in [0, 0.1) is 5.82 Å². The third-order valence-electron chi connectivity index (χ3n) is 2.88. The second-order valence-electron chi connectivity index (χ2n) is 4.25. The van der Waals surface area contributed by atoms with Gasteiger partial charge in [0, 0.05) is 23.6 Å². The maximum atomic E-state index is 13.1. The lowest BCUT2D eigenvalue weighted by molar-refractivity contribution is 0.628. The molecule has 0 N–H and O–H groups in total. The van der Waals surface area contributed by atoms with Crippen molar-refractivity contribution in [1.29, 1.82) is 0 Å². The Kier molecular flexibility index (Phi) is 4.08. The zero-order chi connectivity index (χ0) is 14.7. The fourth-order valence-corrected chi connectivity index (χ4v) is 3.27. The number of hydrogen-bond acceptors (Lipinski definition) is 4. The molecule has 0 amide bonds. The molecule has 21 heavy (non-hydrogen) atoms. The number of halogens is 1. The normalized spacial score (nSPS) is 12.4. The molecule has 0 aliphatic rings. The van der Waals surface area contributed by atoms with E-state index in [4.69, 9.17) is 0 Å². The molecule has 0 atom stereocenters. The van der Waals surface area contributed by atoms with Crippen molar-refractivity contribution in [3.8, 4) is 11.3 Å². The van der Waals surface area contributed by atoms with Gasteiger partial charge in [0.2, 0.25) is 4.80 Å². The van der Waals surface area contributed by atoms with Crippen molar-refractivity contribution in [1.82, 2.24) is 4.68 Å². The average molecular weight is 317 g/mol. The van der Waals surface area contributed by atoms with Crippen molar-refractivity contribution in [2.24, 2.45) is 10.1 Å². The Balaban J connectivity index is 2.06. The summed E-state index contributed by atoms with van der Waals surface area (Å²) in [6.45, 7) is 0. The third kappa shape index (κ3) is 3.01. The van der Waals surface area contributed by atoms with E-state index in [2.05, 4.69) is 10.1 Å². The van der Waals surface area contributed by atoms with Gasteiger partial charge in [-0.25, -0.2) is 9.07 Å². The van der Waals surface area contributed by atoms with Crippen molar-refractivity contribution in [3.63, 3.8) is 0 Å². The number of nitrogens with zero attached hydrogens (tertiary/aromatic N) is 3. The molecule has 0 spiro atoms. The molecule has 2 aromatic heterocycles. The second kappa shape index (κ2) is 6.15. The van der Waals surface area contributed by atoms with Crippen LogP contribution in [-0.4, -0.2) is 17.9 Å². The highest BCUT2D eigenvalue weighted by molar-refractivity contribution is 7.08. The van der Waals surface area contributed by atoms with Crippen LogP contribution in [0.15, 0.2) is 56.6 Å². The number of thiophene rings is 1.